The van der Waals surface area contributed by atoms with Crippen LogP contribution in [0.25, 0.3) is 0 Å². The minimum Gasteiger partial charge on any atom is -0.372 e. The highest BCUT2D eigenvalue weighted by Crippen LogP contribution is 2.20. The van der Waals surface area contributed by atoms with Crippen molar-refractivity contribution in [1.82, 2.24) is 25.1 Å². The van der Waals surface area contributed by atoms with Crippen LogP contribution in [-0.4, -0.2) is 51.2 Å². The Morgan fingerprint density at radius 1 is 1.17 bits per heavy atom. The van der Waals surface area contributed by atoms with E-state index >= 15 is 0 Å². The molecular formula is C16H22N6O. The van der Waals surface area contributed by atoms with E-state index in [0.717, 1.165) is 18.7 Å². The summed E-state index contributed by atoms with van der Waals surface area (Å²) in [6.07, 6.45) is 5.33. The van der Waals surface area contributed by atoms with E-state index in [9.17, 15) is 4.79 Å². The summed E-state index contributed by atoms with van der Waals surface area (Å²) in [7, 11) is 1.80. The molecule has 1 aromatic carbocycles. The van der Waals surface area contributed by atoms with Gasteiger partial charge >= 0.3 is 0 Å². The van der Waals surface area contributed by atoms with Crippen molar-refractivity contribution in [3.63, 3.8) is 0 Å². The second-order valence-electron chi connectivity index (χ2n) is 5.97. The van der Waals surface area contributed by atoms with Crippen LogP contribution in [0, 0.1) is 0 Å². The third kappa shape index (κ3) is 4.06. The molecule has 122 valence electrons. The molecule has 0 spiro atoms. The zero-order chi connectivity index (χ0) is 16.1. The monoisotopic (exact) mass is 314 g/mol. The summed E-state index contributed by atoms with van der Waals surface area (Å²) in [6.45, 7) is 3.03. The Morgan fingerprint density at radius 2 is 1.91 bits per heavy atom. The van der Waals surface area contributed by atoms with Crippen LogP contribution in [0.5, 0.6) is 0 Å². The van der Waals surface area contributed by atoms with Crippen LogP contribution >= 0.6 is 0 Å². The van der Waals surface area contributed by atoms with Crippen molar-refractivity contribution in [2.45, 2.75) is 32.4 Å². The van der Waals surface area contributed by atoms with Gasteiger partial charge in [0.25, 0.3) is 0 Å². The van der Waals surface area contributed by atoms with Gasteiger partial charge in [0.15, 0.2) is 0 Å². The summed E-state index contributed by atoms with van der Waals surface area (Å²) in [5.74, 6) is -0.0163. The number of piperidine rings is 1. The number of tetrazole rings is 1. The Bertz CT molecular complexity index is 619. The molecule has 2 heterocycles. The predicted molar refractivity (Wildman–Crippen MR) is 86.8 cm³/mol. The number of benzene rings is 1. The molecule has 0 saturated carbocycles. The molecule has 0 atom stereocenters. The SMILES string of the molecule is CN(Cc1ccc(N2CCCCC2)cc1)C(=O)Cn1cnnn1. The van der Waals surface area contributed by atoms with Gasteiger partial charge in [-0.1, -0.05) is 12.1 Å². The lowest BCUT2D eigenvalue weighted by molar-refractivity contribution is -0.131. The van der Waals surface area contributed by atoms with Crippen LogP contribution in [0.15, 0.2) is 30.6 Å². The lowest BCUT2D eigenvalue weighted by Gasteiger charge is -2.29. The van der Waals surface area contributed by atoms with E-state index in [4.69, 9.17) is 0 Å². The predicted octanol–water partition coefficient (Wildman–Crippen LogP) is 1.32. The molecule has 7 nitrogen and oxygen atoms in total. The van der Waals surface area contributed by atoms with Crippen molar-refractivity contribution in [3.8, 4) is 0 Å². The van der Waals surface area contributed by atoms with Crippen molar-refractivity contribution in [2.75, 3.05) is 25.0 Å². The minimum atomic E-state index is -0.0163. The molecule has 1 fully saturated rings. The number of aromatic nitrogens is 4. The third-order valence-electron chi connectivity index (χ3n) is 4.19. The molecule has 23 heavy (non-hydrogen) atoms. The maximum absolute atomic E-state index is 12.1. The molecular weight excluding hydrogens is 292 g/mol. The van der Waals surface area contributed by atoms with E-state index in [1.165, 1.54) is 36.0 Å². The number of rotatable bonds is 5. The summed E-state index contributed by atoms with van der Waals surface area (Å²) < 4.78 is 1.43. The standard InChI is InChI=1S/C16H22N6O/c1-20(16(23)12-22-13-17-18-19-22)11-14-5-7-15(8-6-14)21-9-3-2-4-10-21/h5-8,13H,2-4,9-12H2,1H3. The summed E-state index contributed by atoms with van der Waals surface area (Å²) in [5.41, 5.74) is 2.40. The van der Waals surface area contributed by atoms with Gasteiger partial charge in [0.1, 0.15) is 12.9 Å². The third-order valence-corrected chi connectivity index (χ3v) is 4.19. The number of anilines is 1. The number of nitrogens with zero attached hydrogens (tertiary/aromatic N) is 6. The minimum absolute atomic E-state index is 0.0163. The van der Waals surface area contributed by atoms with Crippen LogP contribution in [0.2, 0.25) is 0 Å². The van der Waals surface area contributed by atoms with E-state index in [0.29, 0.717) is 6.54 Å². The van der Waals surface area contributed by atoms with Crippen LogP contribution in [0.1, 0.15) is 24.8 Å². The Balaban J connectivity index is 1.55. The number of likely N-dealkylation sites (N-methyl/N-ethyl adjacent to an activating group) is 1. The number of hydrogen-bond acceptors (Lipinski definition) is 5. The quantitative estimate of drug-likeness (QED) is 0.833. The van der Waals surface area contributed by atoms with Crippen LogP contribution in [0.4, 0.5) is 5.69 Å². The fourth-order valence-electron chi connectivity index (χ4n) is 2.84. The highest BCUT2D eigenvalue weighted by atomic mass is 16.2. The van der Waals surface area contributed by atoms with Crippen molar-refractivity contribution in [1.29, 1.82) is 0 Å². The van der Waals surface area contributed by atoms with Gasteiger partial charge in [-0.2, -0.15) is 0 Å². The largest absolute Gasteiger partial charge is 0.372 e. The smallest absolute Gasteiger partial charge is 0.244 e. The molecule has 0 aliphatic carbocycles. The fourth-order valence-corrected chi connectivity index (χ4v) is 2.84. The molecule has 1 aliphatic rings. The number of carbonyl (C=O) groups excluding carboxylic acids is 1. The lowest BCUT2D eigenvalue weighted by atomic mass is 10.1. The molecule has 1 aliphatic heterocycles. The zero-order valence-corrected chi connectivity index (χ0v) is 13.4. The van der Waals surface area contributed by atoms with Gasteiger partial charge in [-0.3, -0.25) is 4.79 Å². The van der Waals surface area contributed by atoms with Gasteiger partial charge < -0.3 is 9.80 Å². The first-order valence-electron chi connectivity index (χ1n) is 8.01. The first-order chi connectivity index (χ1) is 11.2. The van der Waals surface area contributed by atoms with Gasteiger partial charge in [0.2, 0.25) is 5.91 Å². The van der Waals surface area contributed by atoms with Crippen molar-refractivity contribution in [2.24, 2.45) is 0 Å². The maximum Gasteiger partial charge on any atom is 0.244 e. The average Bonchev–Trinajstić information content (AvgIpc) is 3.09. The Labute approximate surface area is 135 Å². The molecule has 1 aromatic heterocycles. The molecule has 0 radical (unpaired) electrons. The second-order valence-corrected chi connectivity index (χ2v) is 5.97. The van der Waals surface area contributed by atoms with E-state index in [1.54, 1.807) is 11.9 Å². The molecule has 0 bridgehead atoms. The zero-order valence-electron chi connectivity index (χ0n) is 13.4. The Morgan fingerprint density at radius 3 is 2.57 bits per heavy atom. The lowest BCUT2D eigenvalue weighted by Crippen LogP contribution is -2.30. The Kier molecular flexibility index (Phi) is 4.85. The van der Waals surface area contributed by atoms with Crippen molar-refractivity contribution < 1.29 is 4.79 Å². The van der Waals surface area contributed by atoms with Gasteiger partial charge in [-0.25, -0.2) is 4.68 Å². The summed E-state index contributed by atoms with van der Waals surface area (Å²) in [6, 6.07) is 8.51. The molecule has 1 amide bonds. The molecule has 0 N–H and O–H groups in total. The average molecular weight is 314 g/mol. The topological polar surface area (TPSA) is 67.2 Å². The molecule has 3 rings (SSSR count). The first kappa shape index (κ1) is 15.5. The molecule has 0 unspecified atom stereocenters. The molecule has 7 heteroatoms. The van der Waals surface area contributed by atoms with Crippen LogP contribution < -0.4 is 4.90 Å². The highest BCUT2D eigenvalue weighted by molar-refractivity contribution is 5.75. The van der Waals surface area contributed by atoms with E-state index in [1.807, 2.05) is 0 Å². The Hall–Kier alpha value is -2.44. The number of hydrogen-bond donors (Lipinski definition) is 0. The van der Waals surface area contributed by atoms with Crippen LogP contribution in [-0.2, 0) is 17.9 Å². The van der Waals surface area contributed by atoms with Gasteiger partial charge in [0.05, 0.1) is 0 Å². The normalized spacial score (nSPS) is 14.7. The summed E-state index contributed by atoms with van der Waals surface area (Å²) in [4.78, 5) is 16.3. The van der Waals surface area contributed by atoms with E-state index < -0.39 is 0 Å². The number of carbonyl (C=O) groups is 1. The van der Waals surface area contributed by atoms with Gasteiger partial charge in [0, 0.05) is 32.4 Å². The van der Waals surface area contributed by atoms with E-state index in [-0.39, 0.29) is 12.5 Å². The molecule has 2 aromatic rings. The van der Waals surface area contributed by atoms with E-state index in [2.05, 4.69) is 44.7 Å². The summed E-state index contributed by atoms with van der Waals surface area (Å²) >= 11 is 0. The van der Waals surface area contributed by atoms with Gasteiger partial charge in [-0.05, 0) is 47.4 Å². The first-order valence-corrected chi connectivity index (χ1v) is 8.01. The van der Waals surface area contributed by atoms with Gasteiger partial charge in [-0.15, -0.1) is 5.10 Å². The maximum atomic E-state index is 12.1. The van der Waals surface area contributed by atoms with Crippen molar-refractivity contribution in [3.05, 3.63) is 36.2 Å². The summed E-state index contributed by atoms with van der Waals surface area (Å²) in [5, 5.41) is 10.8. The van der Waals surface area contributed by atoms with Crippen molar-refractivity contribution >= 4 is 11.6 Å². The highest BCUT2D eigenvalue weighted by Gasteiger charge is 2.13. The second kappa shape index (κ2) is 7.21. The molecule has 1 saturated heterocycles. The fraction of sp³-hybridized carbons (Fsp3) is 0.500. The number of amides is 1. The van der Waals surface area contributed by atoms with Crippen LogP contribution in [0.3, 0.4) is 0 Å².